The third-order valence-corrected chi connectivity index (χ3v) is 8.16. The number of nitrogens with zero attached hydrogens (tertiary/aromatic N) is 3. The Morgan fingerprint density at radius 1 is 0.364 bits per heavy atom. The van der Waals surface area contributed by atoms with Crippen LogP contribution in [0.5, 0.6) is 0 Å². The molecule has 2 aromatic heterocycles. The zero-order valence-electron chi connectivity index (χ0n) is 23.6. The Morgan fingerprint density at radius 2 is 0.841 bits per heavy atom. The van der Waals surface area contributed by atoms with Gasteiger partial charge in [0.25, 0.3) is 0 Å². The summed E-state index contributed by atoms with van der Waals surface area (Å²) in [5.74, 6) is 1.10. The third-order valence-electron chi connectivity index (χ3n) is 7.99. The van der Waals surface area contributed by atoms with E-state index in [4.69, 9.17) is 16.6 Å². The van der Waals surface area contributed by atoms with Crippen molar-refractivity contribution in [1.29, 1.82) is 0 Å². The molecule has 0 aliphatic heterocycles. The van der Waals surface area contributed by atoms with Crippen LogP contribution in [0.15, 0.2) is 146 Å². The van der Waals surface area contributed by atoms with Gasteiger partial charge < -0.3 is 4.98 Å². The Hall–Kier alpha value is -5.58. The number of hydrogen-bond donors (Lipinski definition) is 1. The predicted octanol–water partition coefficient (Wildman–Crippen LogP) is 10.5. The lowest BCUT2D eigenvalue weighted by atomic mass is 9.95. The van der Waals surface area contributed by atoms with Gasteiger partial charge >= 0.3 is 0 Å². The van der Waals surface area contributed by atoms with E-state index in [1.165, 1.54) is 21.9 Å². The monoisotopic (exact) mass is 584 g/mol. The molecule has 0 unspecified atom stereocenters. The number of para-hydroxylation sites is 1. The lowest BCUT2D eigenvalue weighted by Crippen LogP contribution is -1.97. The van der Waals surface area contributed by atoms with Crippen LogP contribution >= 0.6 is 11.6 Å². The van der Waals surface area contributed by atoms with Gasteiger partial charge in [-0.1, -0.05) is 115 Å². The second kappa shape index (κ2) is 10.9. The van der Waals surface area contributed by atoms with E-state index in [2.05, 4.69) is 118 Å². The summed E-state index contributed by atoms with van der Waals surface area (Å²) in [5, 5.41) is 2.66. The van der Waals surface area contributed by atoms with Crippen molar-refractivity contribution < 1.29 is 0 Å². The zero-order chi connectivity index (χ0) is 29.5. The van der Waals surface area contributed by atoms with Gasteiger partial charge in [-0.05, 0) is 75.3 Å². The van der Waals surface area contributed by atoms with Crippen LogP contribution in [0.25, 0.3) is 78.0 Å². The summed E-state index contributed by atoms with van der Waals surface area (Å²) in [7, 11) is 0. The Bertz CT molecular complexity index is 2310. The molecule has 4 nitrogen and oxygen atoms in total. The van der Waals surface area contributed by atoms with E-state index in [0.717, 1.165) is 44.4 Å². The summed E-state index contributed by atoms with van der Waals surface area (Å²) < 4.78 is 0. The Kier molecular flexibility index (Phi) is 6.47. The van der Waals surface area contributed by atoms with Gasteiger partial charge in [0.2, 0.25) is 5.28 Å². The normalized spacial score (nSPS) is 11.3. The minimum absolute atomic E-state index is 0.171. The Balaban J connectivity index is 1.13. The van der Waals surface area contributed by atoms with Crippen LogP contribution in [0.2, 0.25) is 5.28 Å². The molecule has 2 heterocycles. The number of hydrogen-bond acceptors (Lipinski definition) is 3. The van der Waals surface area contributed by atoms with Crippen LogP contribution in [-0.2, 0) is 0 Å². The molecule has 8 aromatic rings. The largest absolute Gasteiger partial charge is 0.354 e. The van der Waals surface area contributed by atoms with Crippen LogP contribution in [0, 0.1) is 0 Å². The fourth-order valence-corrected chi connectivity index (χ4v) is 5.98. The molecule has 208 valence electrons. The summed E-state index contributed by atoms with van der Waals surface area (Å²) in [6, 6.07) is 50.5. The van der Waals surface area contributed by atoms with Crippen molar-refractivity contribution in [3.05, 3.63) is 151 Å². The van der Waals surface area contributed by atoms with E-state index in [-0.39, 0.29) is 5.28 Å². The summed E-state index contributed by atoms with van der Waals surface area (Å²) in [6.45, 7) is 0. The summed E-state index contributed by atoms with van der Waals surface area (Å²) >= 11 is 6.34. The lowest BCUT2D eigenvalue weighted by molar-refractivity contribution is 1.07. The number of halogens is 1. The molecule has 0 saturated carbocycles. The van der Waals surface area contributed by atoms with Crippen molar-refractivity contribution in [3.63, 3.8) is 0 Å². The first kappa shape index (κ1) is 26.1. The first-order valence-corrected chi connectivity index (χ1v) is 14.8. The van der Waals surface area contributed by atoms with Gasteiger partial charge in [0.15, 0.2) is 11.6 Å². The fourth-order valence-electron chi connectivity index (χ4n) is 5.82. The maximum atomic E-state index is 6.34. The van der Waals surface area contributed by atoms with Crippen molar-refractivity contribution in [2.24, 2.45) is 0 Å². The number of rotatable bonds is 5. The SMILES string of the molecule is Clc1nc(-c2ccccc2)nc(-c2cccc(-c3cccc(-c4cccc(-c5ccc6c(c5)[nH]c5ccccc56)c4)c3)c2)n1. The lowest BCUT2D eigenvalue weighted by Gasteiger charge is -2.10. The maximum Gasteiger partial charge on any atom is 0.226 e. The highest BCUT2D eigenvalue weighted by atomic mass is 35.5. The molecule has 0 atom stereocenters. The van der Waals surface area contributed by atoms with E-state index in [9.17, 15) is 0 Å². The van der Waals surface area contributed by atoms with E-state index in [0.29, 0.717) is 11.6 Å². The molecule has 0 aliphatic rings. The molecule has 0 bridgehead atoms. The number of benzene rings is 6. The van der Waals surface area contributed by atoms with E-state index >= 15 is 0 Å². The maximum absolute atomic E-state index is 6.34. The van der Waals surface area contributed by atoms with Gasteiger partial charge in [0.1, 0.15) is 0 Å². The zero-order valence-corrected chi connectivity index (χ0v) is 24.3. The Labute approximate surface area is 259 Å². The highest BCUT2D eigenvalue weighted by molar-refractivity contribution is 6.28. The van der Waals surface area contributed by atoms with Gasteiger partial charge in [-0.3, -0.25) is 0 Å². The third kappa shape index (κ3) is 4.91. The van der Waals surface area contributed by atoms with Gasteiger partial charge in [-0.25, -0.2) is 4.98 Å². The molecule has 0 amide bonds. The standard InChI is InChI=1S/C39H25ClN4/c40-39-43-37(25-9-2-1-3-10-25)42-38(44-39)32-16-8-15-30(23-32)28-13-6-11-26(21-28)27-12-7-14-29(22-27)31-19-20-34-33-17-4-5-18-35(33)41-36(34)24-31/h1-24,41H. The average Bonchev–Trinajstić information content (AvgIpc) is 3.47. The van der Waals surface area contributed by atoms with Crippen LogP contribution in [0.1, 0.15) is 0 Å². The van der Waals surface area contributed by atoms with Crippen molar-refractivity contribution in [3.8, 4) is 56.2 Å². The van der Waals surface area contributed by atoms with E-state index in [1.54, 1.807) is 0 Å². The second-order valence-corrected chi connectivity index (χ2v) is 11.1. The molecule has 8 rings (SSSR count). The molecule has 5 heteroatoms. The molecular formula is C39H25ClN4. The smallest absolute Gasteiger partial charge is 0.226 e. The van der Waals surface area contributed by atoms with Gasteiger partial charge in [-0.15, -0.1) is 0 Å². The topological polar surface area (TPSA) is 54.5 Å². The number of fused-ring (bicyclic) bond motifs is 3. The molecule has 0 aliphatic carbocycles. The number of nitrogens with one attached hydrogen (secondary N) is 1. The van der Waals surface area contributed by atoms with E-state index < -0.39 is 0 Å². The van der Waals surface area contributed by atoms with Crippen molar-refractivity contribution >= 4 is 33.4 Å². The molecule has 6 aromatic carbocycles. The highest BCUT2D eigenvalue weighted by Crippen LogP contribution is 2.33. The minimum atomic E-state index is 0.171. The summed E-state index contributed by atoms with van der Waals surface area (Å²) in [6.07, 6.45) is 0. The predicted molar refractivity (Wildman–Crippen MR) is 181 cm³/mol. The number of aromatic amines is 1. The van der Waals surface area contributed by atoms with Crippen LogP contribution in [-0.4, -0.2) is 19.9 Å². The van der Waals surface area contributed by atoms with Gasteiger partial charge in [0, 0.05) is 32.9 Å². The quantitative estimate of drug-likeness (QED) is 0.219. The van der Waals surface area contributed by atoms with E-state index in [1.807, 2.05) is 42.5 Å². The molecule has 1 N–H and O–H groups in total. The first-order chi connectivity index (χ1) is 21.7. The van der Waals surface area contributed by atoms with Gasteiger partial charge in [-0.2, -0.15) is 9.97 Å². The molecule has 0 saturated heterocycles. The highest BCUT2D eigenvalue weighted by Gasteiger charge is 2.12. The first-order valence-electron chi connectivity index (χ1n) is 14.5. The summed E-state index contributed by atoms with van der Waals surface area (Å²) in [5.41, 5.74) is 10.9. The summed E-state index contributed by atoms with van der Waals surface area (Å²) in [4.78, 5) is 17.1. The number of H-pyrrole nitrogens is 1. The van der Waals surface area contributed by atoms with Crippen LogP contribution in [0.4, 0.5) is 0 Å². The molecular weight excluding hydrogens is 560 g/mol. The molecule has 0 fully saturated rings. The van der Waals surface area contributed by atoms with Crippen LogP contribution < -0.4 is 0 Å². The fraction of sp³-hybridized carbons (Fsp3) is 0. The van der Waals surface area contributed by atoms with Crippen molar-refractivity contribution in [2.75, 3.05) is 0 Å². The molecule has 44 heavy (non-hydrogen) atoms. The van der Waals surface area contributed by atoms with Gasteiger partial charge in [0.05, 0.1) is 0 Å². The van der Waals surface area contributed by atoms with Crippen molar-refractivity contribution in [1.82, 2.24) is 19.9 Å². The molecule has 0 radical (unpaired) electrons. The second-order valence-electron chi connectivity index (χ2n) is 10.8. The minimum Gasteiger partial charge on any atom is -0.354 e. The number of aromatic nitrogens is 4. The average molecular weight is 585 g/mol. The Morgan fingerprint density at radius 3 is 1.50 bits per heavy atom. The van der Waals surface area contributed by atoms with Crippen LogP contribution in [0.3, 0.4) is 0 Å². The molecule has 0 spiro atoms. The van der Waals surface area contributed by atoms with Crippen molar-refractivity contribution in [2.45, 2.75) is 0 Å².